The van der Waals surface area contributed by atoms with Crippen LogP contribution in [0.25, 0.3) is 0 Å². The molecule has 2 heterocycles. The maximum absolute atomic E-state index is 13.1. The molecule has 1 N–H and O–H groups in total. The van der Waals surface area contributed by atoms with Crippen LogP contribution >= 0.6 is 22.6 Å². The molecule has 0 unspecified atom stereocenters. The highest BCUT2D eigenvalue weighted by molar-refractivity contribution is 14.1. The standard InChI is InChI=1S/C22H27F3N2O4.C12H19NO2.C10H8F3IO/c1-5-30-19(28)26-18-9-8-17(22(23,24)25)14-16(18)7-6-15-10-12-27(13-11-15)20(29)31-21(2,3)4;1-5-10-6-8-13(9-7-10)11(14)15-12(2,3)4;1-6(15)4-7-2-3-8(5-9(7)14)10(11,12)13/h8-9,14-15H,5,10-13H2,1-4H3,(H,26,28);1,10H,6-9H2,2-4H3;2-3,5H,4H2,1H3. The molecule has 2 aromatic carbocycles. The van der Waals surface area contributed by atoms with Gasteiger partial charge in [-0.05, 0) is 140 Å². The van der Waals surface area contributed by atoms with Crippen LogP contribution in [0.5, 0.6) is 0 Å². The molecule has 336 valence electrons. The molecule has 2 fully saturated rings. The van der Waals surface area contributed by atoms with Crippen LogP contribution in [0.15, 0.2) is 36.4 Å². The first kappa shape index (κ1) is 52.5. The predicted molar refractivity (Wildman–Crippen MR) is 227 cm³/mol. The van der Waals surface area contributed by atoms with Crippen molar-refractivity contribution in [3.05, 3.63) is 62.2 Å². The van der Waals surface area contributed by atoms with E-state index in [1.54, 1.807) is 37.5 Å². The van der Waals surface area contributed by atoms with Gasteiger partial charge in [0.05, 0.1) is 23.4 Å². The van der Waals surface area contributed by atoms with E-state index in [9.17, 15) is 45.5 Å². The quantitative estimate of drug-likeness (QED) is 0.140. The van der Waals surface area contributed by atoms with Gasteiger partial charge in [0.2, 0.25) is 0 Å². The number of alkyl halides is 6. The molecule has 10 nitrogen and oxygen atoms in total. The molecule has 0 spiro atoms. The van der Waals surface area contributed by atoms with E-state index in [2.05, 4.69) is 23.1 Å². The highest BCUT2D eigenvalue weighted by atomic mass is 127. The molecule has 0 saturated carbocycles. The van der Waals surface area contributed by atoms with Crippen LogP contribution in [0, 0.1) is 39.6 Å². The van der Waals surface area contributed by atoms with Crippen LogP contribution in [0.2, 0.25) is 0 Å². The zero-order chi connectivity index (χ0) is 46.3. The predicted octanol–water partition coefficient (Wildman–Crippen LogP) is 11.0. The Morgan fingerprint density at radius 1 is 0.770 bits per heavy atom. The number of benzene rings is 2. The summed E-state index contributed by atoms with van der Waals surface area (Å²) >= 11 is 1.81. The molecule has 61 heavy (non-hydrogen) atoms. The Morgan fingerprint density at radius 3 is 1.64 bits per heavy atom. The first-order valence-corrected chi connectivity index (χ1v) is 20.6. The van der Waals surface area contributed by atoms with Gasteiger partial charge in [-0.15, -0.1) is 12.3 Å². The summed E-state index contributed by atoms with van der Waals surface area (Å²) in [7, 11) is 0. The summed E-state index contributed by atoms with van der Waals surface area (Å²) in [5, 5.41) is 2.42. The Balaban J connectivity index is 0.000000355. The average molecular weight is 978 g/mol. The van der Waals surface area contributed by atoms with Crippen molar-refractivity contribution in [1.82, 2.24) is 9.80 Å². The van der Waals surface area contributed by atoms with Gasteiger partial charge in [0.1, 0.15) is 17.0 Å². The van der Waals surface area contributed by atoms with E-state index in [1.807, 2.05) is 43.4 Å². The molecule has 0 atom stereocenters. The molecule has 2 saturated heterocycles. The molecular formula is C44H54F6IN3O7. The molecule has 2 aliphatic rings. The number of likely N-dealkylation sites (tertiary alicyclic amines) is 2. The summed E-state index contributed by atoms with van der Waals surface area (Å²) in [4.78, 5) is 49.7. The third-order valence-corrected chi connectivity index (χ3v) is 9.62. The fraction of sp³-hybridized carbons (Fsp3) is 0.545. The SMILES string of the molecule is C#CC1CCN(C(=O)OC(C)(C)C)CC1.CC(=O)Cc1ccc(C(F)(F)F)cc1I.CCOC(=O)Nc1ccc(C(F)(F)F)cc1C#CC1CCN(C(=O)OC(C)(C)C)CC1. The van der Waals surface area contributed by atoms with Gasteiger partial charge in [-0.2, -0.15) is 26.3 Å². The van der Waals surface area contributed by atoms with Gasteiger partial charge in [0.15, 0.2) is 0 Å². The summed E-state index contributed by atoms with van der Waals surface area (Å²) < 4.78 is 92.1. The number of hydrogen-bond acceptors (Lipinski definition) is 7. The molecule has 4 rings (SSSR count). The van der Waals surface area contributed by atoms with E-state index in [-0.39, 0.29) is 42.1 Å². The van der Waals surface area contributed by atoms with Gasteiger partial charge in [0.25, 0.3) is 0 Å². The number of nitrogens with zero attached hydrogens (tertiary/aromatic N) is 2. The van der Waals surface area contributed by atoms with Crippen molar-refractivity contribution in [2.45, 2.75) is 111 Å². The van der Waals surface area contributed by atoms with Crippen molar-refractivity contribution in [3.8, 4) is 24.2 Å². The van der Waals surface area contributed by atoms with Gasteiger partial charge < -0.3 is 24.0 Å². The normalized spacial score (nSPS) is 15.0. The number of piperidine rings is 2. The highest BCUT2D eigenvalue weighted by Crippen LogP contribution is 2.33. The van der Waals surface area contributed by atoms with E-state index >= 15 is 0 Å². The lowest BCUT2D eigenvalue weighted by Crippen LogP contribution is -2.41. The number of amides is 3. The Hall–Kier alpha value is -4.65. The number of ketones is 1. The minimum atomic E-state index is -4.53. The fourth-order valence-corrected chi connectivity index (χ4v) is 6.32. The number of carbonyl (C=O) groups excluding carboxylic acids is 4. The van der Waals surface area contributed by atoms with Crippen LogP contribution < -0.4 is 5.32 Å². The minimum Gasteiger partial charge on any atom is -0.450 e. The summed E-state index contributed by atoms with van der Waals surface area (Å²) in [6, 6.07) is 6.36. The van der Waals surface area contributed by atoms with E-state index < -0.39 is 46.9 Å². The number of Topliss-reactive ketones (excluding diaryl/α,β-unsaturated/α-hetero) is 1. The molecule has 0 aliphatic carbocycles. The molecular weight excluding hydrogens is 923 g/mol. The number of ether oxygens (including phenoxy) is 3. The van der Waals surface area contributed by atoms with E-state index in [4.69, 9.17) is 20.6 Å². The largest absolute Gasteiger partial charge is 0.450 e. The third-order valence-electron chi connectivity index (χ3n) is 8.62. The second kappa shape index (κ2) is 23.0. The van der Waals surface area contributed by atoms with Gasteiger partial charge in [0, 0.05) is 53.6 Å². The minimum absolute atomic E-state index is 0.0532. The fourth-order valence-electron chi connectivity index (χ4n) is 5.61. The van der Waals surface area contributed by atoms with Gasteiger partial charge in [-0.3, -0.25) is 10.1 Å². The number of carbonyl (C=O) groups is 4. The summed E-state index contributed by atoms with van der Waals surface area (Å²) in [6.45, 7) is 16.5. The Labute approximate surface area is 367 Å². The van der Waals surface area contributed by atoms with Crippen molar-refractivity contribution < 1.29 is 59.7 Å². The number of anilines is 1. The lowest BCUT2D eigenvalue weighted by atomic mass is 9.97. The lowest BCUT2D eigenvalue weighted by molar-refractivity contribution is -0.138. The topological polar surface area (TPSA) is 114 Å². The number of terminal acetylenes is 1. The average Bonchev–Trinajstić information content (AvgIpc) is 3.13. The zero-order valence-corrected chi connectivity index (χ0v) is 37.8. The Bertz CT molecular complexity index is 1920. The molecule has 3 amide bonds. The van der Waals surface area contributed by atoms with Crippen LogP contribution in [-0.4, -0.2) is 77.9 Å². The number of nitrogens with one attached hydrogen (secondary N) is 1. The number of halogens is 7. The van der Waals surface area contributed by atoms with Gasteiger partial charge in [-0.1, -0.05) is 17.9 Å². The maximum Gasteiger partial charge on any atom is 0.416 e. The van der Waals surface area contributed by atoms with Crippen molar-refractivity contribution in [1.29, 1.82) is 0 Å². The maximum atomic E-state index is 13.1. The monoisotopic (exact) mass is 977 g/mol. The van der Waals surface area contributed by atoms with E-state index in [1.165, 1.54) is 13.0 Å². The first-order valence-electron chi connectivity index (χ1n) is 19.6. The van der Waals surface area contributed by atoms with E-state index in [0.717, 1.165) is 43.2 Å². The van der Waals surface area contributed by atoms with Crippen molar-refractivity contribution >= 4 is 52.3 Å². The highest BCUT2D eigenvalue weighted by Gasteiger charge is 2.32. The lowest BCUT2D eigenvalue weighted by Gasteiger charge is -2.31. The smallest absolute Gasteiger partial charge is 0.416 e. The first-order chi connectivity index (χ1) is 28.1. The third kappa shape index (κ3) is 19.7. The number of rotatable bonds is 4. The van der Waals surface area contributed by atoms with Crippen LogP contribution in [0.4, 0.5) is 46.4 Å². The zero-order valence-electron chi connectivity index (χ0n) is 35.7. The van der Waals surface area contributed by atoms with Crippen LogP contribution in [-0.2, 0) is 37.8 Å². The van der Waals surface area contributed by atoms with Crippen LogP contribution in [0.3, 0.4) is 0 Å². The summed E-state index contributed by atoms with van der Waals surface area (Å²) in [5.74, 6) is 8.65. The van der Waals surface area contributed by atoms with Gasteiger partial charge >= 0.3 is 30.6 Å². The molecule has 0 radical (unpaired) electrons. The second-order valence-corrected chi connectivity index (χ2v) is 17.4. The van der Waals surface area contributed by atoms with Crippen molar-refractivity contribution in [2.75, 3.05) is 38.1 Å². The Kier molecular flexibility index (Phi) is 19.8. The Morgan fingerprint density at radius 2 is 1.23 bits per heavy atom. The molecule has 2 aliphatic heterocycles. The van der Waals surface area contributed by atoms with Crippen LogP contribution in [0.1, 0.15) is 103 Å². The molecule has 17 heteroatoms. The summed E-state index contributed by atoms with van der Waals surface area (Å²) in [5.41, 5.74) is -1.71. The second-order valence-electron chi connectivity index (χ2n) is 16.2. The molecule has 2 aromatic rings. The van der Waals surface area contributed by atoms with Gasteiger partial charge in [-0.25, -0.2) is 14.4 Å². The van der Waals surface area contributed by atoms with Crippen molar-refractivity contribution in [2.24, 2.45) is 11.8 Å². The van der Waals surface area contributed by atoms with Crippen molar-refractivity contribution in [3.63, 3.8) is 0 Å². The van der Waals surface area contributed by atoms with E-state index in [0.29, 0.717) is 54.1 Å². The summed E-state index contributed by atoms with van der Waals surface area (Å²) in [6.07, 6.45) is -1.80. The molecule has 0 bridgehead atoms. The number of hydrogen-bond donors (Lipinski definition) is 1. The molecule has 0 aromatic heterocycles.